The maximum absolute atomic E-state index is 11.8. The van der Waals surface area contributed by atoms with Gasteiger partial charge in [-0.15, -0.1) is 11.3 Å². The number of anilines is 1. The van der Waals surface area contributed by atoms with Crippen molar-refractivity contribution in [3.8, 4) is 0 Å². The zero-order valence-corrected chi connectivity index (χ0v) is 12.0. The Hall–Kier alpha value is -0.690. The molecule has 0 saturated carbocycles. The number of carbonyl (C=O) groups is 1. The number of thiophene rings is 1. The Labute approximate surface area is 119 Å². The van der Waals surface area contributed by atoms with E-state index in [0.29, 0.717) is 4.88 Å². The van der Waals surface area contributed by atoms with Crippen LogP contribution in [0.15, 0.2) is 22.2 Å². The highest BCUT2D eigenvalue weighted by molar-refractivity contribution is 9.11. The Bertz CT molecular complexity index is 555. The van der Waals surface area contributed by atoms with Crippen LogP contribution in [0.4, 0.5) is 5.69 Å². The molecule has 0 aliphatic rings. The number of nitrogens with one attached hydrogen (secondary N) is 1. The topological polar surface area (TPSA) is 54.9 Å². The second-order valence-electron chi connectivity index (χ2n) is 2.89. The van der Waals surface area contributed by atoms with Gasteiger partial charge in [0.15, 0.2) is 10.3 Å². The lowest BCUT2D eigenvalue weighted by Gasteiger charge is -2.05. The van der Waals surface area contributed by atoms with E-state index < -0.39 is 0 Å². The second kappa shape index (κ2) is 5.30. The minimum Gasteiger partial charge on any atom is -0.316 e. The lowest BCUT2D eigenvalue weighted by Crippen LogP contribution is -2.11. The zero-order valence-electron chi connectivity index (χ0n) is 8.08. The molecular formula is C9H4BrCl2N3OS. The largest absolute Gasteiger partial charge is 0.316 e. The van der Waals surface area contributed by atoms with E-state index >= 15 is 0 Å². The van der Waals surface area contributed by atoms with Crippen molar-refractivity contribution < 1.29 is 4.79 Å². The van der Waals surface area contributed by atoms with Gasteiger partial charge in [0.25, 0.3) is 5.91 Å². The molecule has 0 aliphatic carbocycles. The summed E-state index contributed by atoms with van der Waals surface area (Å²) < 4.78 is 0.865. The average molecular weight is 353 g/mol. The number of aromatic nitrogens is 2. The third kappa shape index (κ3) is 2.95. The highest BCUT2D eigenvalue weighted by Crippen LogP contribution is 2.28. The van der Waals surface area contributed by atoms with E-state index in [1.807, 2.05) is 0 Å². The highest BCUT2D eigenvalue weighted by Gasteiger charge is 2.14. The fourth-order valence-corrected chi connectivity index (χ4v) is 2.75. The third-order valence-corrected chi connectivity index (χ3v) is 3.99. The lowest BCUT2D eigenvalue weighted by atomic mass is 10.4. The van der Waals surface area contributed by atoms with Gasteiger partial charge in [0.05, 0.1) is 8.66 Å². The summed E-state index contributed by atoms with van der Waals surface area (Å²) in [5, 5.41) is 2.78. The molecule has 1 N–H and O–H groups in total. The van der Waals surface area contributed by atoms with E-state index in [1.165, 1.54) is 17.7 Å². The fraction of sp³-hybridized carbons (Fsp3) is 0. The number of rotatable bonds is 2. The minimum atomic E-state index is -0.306. The van der Waals surface area contributed by atoms with Crippen molar-refractivity contribution in [2.75, 3.05) is 5.32 Å². The van der Waals surface area contributed by atoms with Gasteiger partial charge in [-0.2, -0.15) is 0 Å². The maximum Gasteiger partial charge on any atom is 0.265 e. The first-order valence-corrected chi connectivity index (χ1v) is 6.67. The van der Waals surface area contributed by atoms with Crippen LogP contribution in [0.25, 0.3) is 0 Å². The smallest absolute Gasteiger partial charge is 0.265 e. The number of amides is 1. The molecule has 17 heavy (non-hydrogen) atoms. The van der Waals surface area contributed by atoms with Gasteiger partial charge in [-0.3, -0.25) is 4.79 Å². The molecule has 0 bridgehead atoms. The SMILES string of the molecule is O=C(Nc1c(Cl)ncnc1Cl)c1ccc(Br)s1. The van der Waals surface area contributed by atoms with E-state index in [9.17, 15) is 4.79 Å². The molecule has 2 heterocycles. The summed E-state index contributed by atoms with van der Waals surface area (Å²) in [6, 6.07) is 3.47. The maximum atomic E-state index is 11.8. The molecule has 0 saturated heterocycles. The first kappa shape index (κ1) is 12.8. The Morgan fingerprint density at radius 2 is 1.94 bits per heavy atom. The van der Waals surface area contributed by atoms with Crippen LogP contribution in [0, 0.1) is 0 Å². The summed E-state index contributed by atoms with van der Waals surface area (Å²) in [6.45, 7) is 0. The Balaban J connectivity index is 2.24. The van der Waals surface area contributed by atoms with E-state index in [0.717, 1.165) is 3.79 Å². The van der Waals surface area contributed by atoms with Crippen LogP contribution in [0.5, 0.6) is 0 Å². The van der Waals surface area contributed by atoms with Crippen LogP contribution in [-0.4, -0.2) is 15.9 Å². The van der Waals surface area contributed by atoms with Crippen LogP contribution in [0.3, 0.4) is 0 Å². The fourth-order valence-electron chi connectivity index (χ4n) is 1.06. The number of hydrogen-bond acceptors (Lipinski definition) is 4. The van der Waals surface area contributed by atoms with Gasteiger partial charge in [-0.25, -0.2) is 9.97 Å². The molecule has 2 aromatic rings. The number of hydrogen-bond donors (Lipinski definition) is 1. The van der Waals surface area contributed by atoms with Crippen molar-refractivity contribution in [1.29, 1.82) is 0 Å². The molecule has 88 valence electrons. The summed E-state index contributed by atoms with van der Waals surface area (Å²) in [7, 11) is 0. The highest BCUT2D eigenvalue weighted by atomic mass is 79.9. The van der Waals surface area contributed by atoms with Gasteiger partial charge in [0.2, 0.25) is 0 Å². The van der Waals surface area contributed by atoms with Crippen molar-refractivity contribution in [2.24, 2.45) is 0 Å². The van der Waals surface area contributed by atoms with Gasteiger partial charge in [-0.1, -0.05) is 23.2 Å². The molecule has 2 aromatic heterocycles. The quantitative estimate of drug-likeness (QED) is 0.835. The summed E-state index contributed by atoms with van der Waals surface area (Å²) >= 11 is 16.2. The average Bonchev–Trinajstić information content (AvgIpc) is 2.70. The zero-order chi connectivity index (χ0) is 12.4. The van der Waals surface area contributed by atoms with E-state index in [4.69, 9.17) is 23.2 Å². The summed E-state index contributed by atoms with van der Waals surface area (Å²) in [4.78, 5) is 19.9. The second-order valence-corrected chi connectivity index (χ2v) is 6.07. The van der Waals surface area contributed by atoms with Crippen LogP contribution in [-0.2, 0) is 0 Å². The minimum absolute atomic E-state index is 0.106. The van der Waals surface area contributed by atoms with Crippen molar-refractivity contribution in [3.05, 3.63) is 37.4 Å². The van der Waals surface area contributed by atoms with Gasteiger partial charge in [0, 0.05) is 0 Å². The number of carbonyl (C=O) groups excluding carboxylic acids is 1. The van der Waals surface area contributed by atoms with Crippen molar-refractivity contribution in [3.63, 3.8) is 0 Å². The number of halogens is 3. The molecule has 0 aromatic carbocycles. The molecule has 2 rings (SSSR count). The Kier molecular flexibility index (Phi) is 3.98. The Morgan fingerprint density at radius 1 is 1.29 bits per heavy atom. The molecular weight excluding hydrogens is 349 g/mol. The van der Waals surface area contributed by atoms with E-state index in [2.05, 4.69) is 31.2 Å². The molecule has 1 amide bonds. The van der Waals surface area contributed by atoms with Gasteiger partial charge < -0.3 is 5.32 Å². The summed E-state index contributed by atoms with van der Waals surface area (Å²) in [5.41, 5.74) is 0.213. The predicted molar refractivity (Wildman–Crippen MR) is 72.0 cm³/mol. The molecule has 4 nitrogen and oxygen atoms in total. The van der Waals surface area contributed by atoms with Crippen molar-refractivity contribution >= 4 is 62.1 Å². The Morgan fingerprint density at radius 3 is 2.47 bits per heavy atom. The first-order chi connectivity index (χ1) is 8.08. The lowest BCUT2D eigenvalue weighted by molar-refractivity contribution is 0.103. The van der Waals surface area contributed by atoms with Crippen LogP contribution < -0.4 is 5.32 Å². The van der Waals surface area contributed by atoms with Crippen molar-refractivity contribution in [2.45, 2.75) is 0 Å². The summed E-state index contributed by atoms with van der Waals surface area (Å²) in [6.07, 6.45) is 1.22. The number of nitrogens with zero attached hydrogens (tertiary/aromatic N) is 2. The van der Waals surface area contributed by atoms with Crippen LogP contribution in [0.2, 0.25) is 10.3 Å². The van der Waals surface area contributed by atoms with Crippen LogP contribution in [0.1, 0.15) is 9.67 Å². The summed E-state index contributed by atoms with van der Waals surface area (Å²) in [5.74, 6) is -0.306. The molecule has 0 radical (unpaired) electrons. The normalized spacial score (nSPS) is 10.3. The third-order valence-electron chi connectivity index (χ3n) is 1.79. The van der Waals surface area contributed by atoms with Gasteiger partial charge >= 0.3 is 0 Å². The van der Waals surface area contributed by atoms with Crippen molar-refractivity contribution in [1.82, 2.24) is 9.97 Å². The molecule has 0 unspecified atom stereocenters. The van der Waals surface area contributed by atoms with E-state index in [-0.39, 0.29) is 21.9 Å². The standard InChI is InChI=1S/C9H4BrCl2N3OS/c10-5-2-1-4(17-5)9(16)15-6-7(11)13-3-14-8(6)12/h1-3H,(H,15,16). The van der Waals surface area contributed by atoms with Crippen LogP contribution >= 0.6 is 50.5 Å². The molecule has 0 spiro atoms. The molecule has 0 fully saturated rings. The molecule has 0 aliphatic heterocycles. The van der Waals surface area contributed by atoms with Gasteiger partial charge in [-0.05, 0) is 28.1 Å². The van der Waals surface area contributed by atoms with E-state index in [1.54, 1.807) is 12.1 Å². The predicted octanol–water partition coefficient (Wildman–Crippen LogP) is 3.86. The van der Waals surface area contributed by atoms with Gasteiger partial charge in [0.1, 0.15) is 12.0 Å². The molecule has 8 heteroatoms. The molecule has 0 atom stereocenters. The monoisotopic (exact) mass is 351 g/mol. The first-order valence-electron chi connectivity index (χ1n) is 4.30.